The van der Waals surface area contributed by atoms with Crippen molar-refractivity contribution in [2.75, 3.05) is 42.9 Å². The molecule has 35 heavy (non-hydrogen) atoms. The van der Waals surface area contributed by atoms with E-state index in [2.05, 4.69) is 25.2 Å². The van der Waals surface area contributed by atoms with Gasteiger partial charge in [-0.05, 0) is 50.3 Å². The number of carbonyl (C=O) groups excluding carboxylic acids is 2. The molecule has 0 bridgehead atoms. The molecule has 184 valence electrons. The highest BCUT2D eigenvalue weighted by atomic mass is 16.6. The molecular weight excluding hydrogens is 446 g/mol. The number of aromatic amines is 1. The van der Waals surface area contributed by atoms with E-state index < -0.39 is 5.41 Å². The molecule has 4 heterocycles. The quantitative estimate of drug-likeness (QED) is 0.515. The van der Waals surface area contributed by atoms with Gasteiger partial charge in [0.25, 0.3) is 0 Å². The number of aryl methyl sites for hydroxylation is 1. The summed E-state index contributed by atoms with van der Waals surface area (Å²) in [5.41, 5.74) is 7.96. The molecule has 0 aliphatic carbocycles. The van der Waals surface area contributed by atoms with Gasteiger partial charge in [0.05, 0.1) is 10.8 Å². The van der Waals surface area contributed by atoms with Gasteiger partial charge in [-0.3, -0.25) is 4.79 Å². The first kappa shape index (κ1) is 23.1. The van der Waals surface area contributed by atoms with E-state index in [0.717, 1.165) is 48.3 Å². The lowest BCUT2D eigenvalue weighted by molar-refractivity contribution is -0.126. The van der Waals surface area contributed by atoms with Gasteiger partial charge in [0.2, 0.25) is 5.91 Å². The predicted octanol–water partition coefficient (Wildman–Crippen LogP) is 3.04. The number of amides is 2. The van der Waals surface area contributed by atoms with Crippen LogP contribution in [0.3, 0.4) is 0 Å². The van der Waals surface area contributed by atoms with E-state index in [9.17, 15) is 9.59 Å². The highest BCUT2D eigenvalue weighted by molar-refractivity contribution is 5.96. The van der Waals surface area contributed by atoms with E-state index in [1.807, 2.05) is 13.1 Å². The van der Waals surface area contributed by atoms with Crippen LogP contribution in [-0.4, -0.2) is 64.6 Å². The first-order valence-corrected chi connectivity index (χ1v) is 12.1. The maximum absolute atomic E-state index is 13.4. The third-order valence-corrected chi connectivity index (χ3v) is 7.20. The number of carbonyl (C=O) groups is 2. The lowest BCUT2D eigenvalue weighted by Gasteiger charge is -2.40. The van der Waals surface area contributed by atoms with Gasteiger partial charge in [0.15, 0.2) is 0 Å². The Morgan fingerprint density at radius 2 is 1.94 bits per heavy atom. The lowest BCUT2D eigenvalue weighted by Crippen LogP contribution is -2.50. The zero-order valence-corrected chi connectivity index (χ0v) is 19.9. The number of hydrogen-bond donors (Lipinski definition) is 3. The summed E-state index contributed by atoms with van der Waals surface area (Å²) < 4.78 is 5.51. The zero-order valence-electron chi connectivity index (χ0n) is 19.9. The Labute approximate surface area is 203 Å². The van der Waals surface area contributed by atoms with Crippen LogP contribution in [0.2, 0.25) is 0 Å². The molecule has 2 aliphatic rings. The number of nitrogens with zero attached hydrogens (tertiary/aromatic N) is 4. The second-order valence-electron chi connectivity index (χ2n) is 9.41. The van der Waals surface area contributed by atoms with E-state index in [0.29, 0.717) is 37.4 Å². The van der Waals surface area contributed by atoms with Gasteiger partial charge in [-0.2, -0.15) is 0 Å². The van der Waals surface area contributed by atoms with Gasteiger partial charge in [0, 0.05) is 50.7 Å². The van der Waals surface area contributed by atoms with Crippen molar-refractivity contribution in [2.24, 2.45) is 11.1 Å². The number of nitrogens with one attached hydrogen (secondary N) is 2. The fraction of sp³-hybridized carbons (Fsp3) is 0.440. The van der Waals surface area contributed by atoms with E-state index in [-0.39, 0.29) is 18.5 Å². The summed E-state index contributed by atoms with van der Waals surface area (Å²) in [6.07, 6.45) is 6.35. The van der Waals surface area contributed by atoms with Crippen LogP contribution in [0.1, 0.15) is 31.2 Å². The lowest BCUT2D eigenvalue weighted by atomic mass is 9.77. The van der Waals surface area contributed by atoms with Crippen molar-refractivity contribution in [2.45, 2.75) is 32.6 Å². The Bertz CT molecular complexity index is 1230. The summed E-state index contributed by atoms with van der Waals surface area (Å²) in [5, 5.41) is 4.01. The number of aromatic nitrogens is 3. The maximum Gasteiger partial charge on any atom is 0.415 e. The summed E-state index contributed by atoms with van der Waals surface area (Å²) in [6, 6.07) is 6.94. The number of nitrogens with two attached hydrogens (primary N) is 1. The van der Waals surface area contributed by atoms with Crippen LogP contribution < -0.4 is 20.7 Å². The van der Waals surface area contributed by atoms with E-state index in [1.54, 1.807) is 35.5 Å². The highest BCUT2D eigenvalue weighted by Crippen LogP contribution is 2.36. The molecular formula is C25H31N7O3. The summed E-state index contributed by atoms with van der Waals surface area (Å²) in [6.45, 7) is 5.04. The van der Waals surface area contributed by atoms with Crippen molar-refractivity contribution < 1.29 is 14.3 Å². The molecule has 2 aromatic heterocycles. The molecule has 4 N–H and O–H groups in total. The summed E-state index contributed by atoms with van der Waals surface area (Å²) in [5.74, 6) is 1.17. The summed E-state index contributed by atoms with van der Waals surface area (Å²) in [7, 11) is 0. The number of rotatable bonds is 5. The minimum atomic E-state index is -0.682. The van der Waals surface area contributed by atoms with Crippen LogP contribution in [0.4, 0.5) is 16.3 Å². The minimum absolute atomic E-state index is 0.117. The third-order valence-electron chi connectivity index (χ3n) is 7.20. The van der Waals surface area contributed by atoms with Crippen molar-refractivity contribution in [1.82, 2.24) is 19.9 Å². The molecule has 1 aromatic carbocycles. The number of benzene rings is 1. The van der Waals surface area contributed by atoms with Crippen molar-refractivity contribution in [3.8, 4) is 5.75 Å². The Morgan fingerprint density at radius 3 is 2.69 bits per heavy atom. The fourth-order valence-electron chi connectivity index (χ4n) is 4.97. The summed E-state index contributed by atoms with van der Waals surface area (Å²) in [4.78, 5) is 41.6. The molecule has 0 radical (unpaired) electrons. The van der Waals surface area contributed by atoms with Crippen LogP contribution in [0, 0.1) is 12.3 Å². The van der Waals surface area contributed by atoms with Gasteiger partial charge in [-0.25, -0.2) is 14.8 Å². The number of ether oxygens (including phenoxy) is 1. The van der Waals surface area contributed by atoms with Crippen LogP contribution in [0.25, 0.3) is 11.0 Å². The average Bonchev–Trinajstić information content (AvgIpc) is 3.55. The summed E-state index contributed by atoms with van der Waals surface area (Å²) >= 11 is 0. The van der Waals surface area contributed by atoms with Crippen LogP contribution >= 0.6 is 0 Å². The largest absolute Gasteiger partial charge is 0.415 e. The Balaban J connectivity index is 1.25. The van der Waals surface area contributed by atoms with Gasteiger partial charge < -0.3 is 30.6 Å². The van der Waals surface area contributed by atoms with Gasteiger partial charge in [-0.15, -0.1) is 0 Å². The first-order chi connectivity index (χ1) is 17.0. The molecule has 10 heteroatoms. The molecule has 0 saturated carbocycles. The Hall–Kier alpha value is -3.66. The van der Waals surface area contributed by atoms with Gasteiger partial charge >= 0.3 is 6.09 Å². The molecule has 2 fully saturated rings. The fourth-order valence-corrected chi connectivity index (χ4v) is 4.97. The molecule has 3 aromatic rings. The number of hydrogen-bond acceptors (Lipinski definition) is 7. The van der Waals surface area contributed by atoms with Crippen LogP contribution in [0.15, 0.2) is 36.8 Å². The van der Waals surface area contributed by atoms with E-state index in [1.165, 1.54) is 0 Å². The monoisotopic (exact) mass is 477 g/mol. The number of likely N-dealkylation sites (tertiary alicyclic amines) is 1. The maximum atomic E-state index is 13.4. The van der Waals surface area contributed by atoms with Crippen molar-refractivity contribution in [1.29, 1.82) is 0 Å². The minimum Gasteiger partial charge on any atom is -0.410 e. The Kier molecular flexibility index (Phi) is 6.29. The SMILES string of the molecule is Cc1c[nH]c2ncnc(N3CCC(CN)(C(=O)Nc4cccc(OC(=O)N5CCCC5)c4)CC3)c12. The second-order valence-corrected chi connectivity index (χ2v) is 9.41. The third kappa shape index (κ3) is 4.53. The second kappa shape index (κ2) is 9.53. The van der Waals surface area contributed by atoms with Crippen LogP contribution in [0.5, 0.6) is 5.75 Å². The van der Waals surface area contributed by atoms with Crippen molar-refractivity contribution in [3.63, 3.8) is 0 Å². The number of H-pyrrole nitrogens is 1. The number of piperidine rings is 1. The molecule has 2 aliphatic heterocycles. The van der Waals surface area contributed by atoms with Crippen molar-refractivity contribution >= 4 is 34.5 Å². The van der Waals surface area contributed by atoms with E-state index in [4.69, 9.17) is 10.5 Å². The van der Waals surface area contributed by atoms with E-state index >= 15 is 0 Å². The van der Waals surface area contributed by atoms with Gasteiger partial charge in [0.1, 0.15) is 23.5 Å². The normalized spacial score (nSPS) is 17.5. The molecule has 2 saturated heterocycles. The standard InChI is InChI=1S/C25H31N7O3/c1-17-14-27-21-20(17)22(29-16-28-21)31-11-7-25(15-26,8-12-31)23(33)30-18-5-4-6-19(13-18)35-24(34)32-9-2-3-10-32/h4-6,13-14,16H,2-3,7-12,15,26H2,1H3,(H,30,33)(H,27,28,29). The highest BCUT2D eigenvalue weighted by Gasteiger charge is 2.41. The number of fused-ring (bicyclic) bond motifs is 1. The smallest absolute Gasteiger partial charge is 0.410 e. The zero-order chi connectivity index (χ0) is 24.4. The Morgan fingerprint density at radius 1 is 1.17 bits per heavy atom. The molecule has 0 unspecified atom stereocenters. The predicted molar refractivity (Wildman–Crippen MR) is 133 cm³/mol. The van der Waals surface area contributed by atoms with Crippen molar-refractivity contribution in [3.05, 3.63) is 42.4 Å². The molecule has 0 spiro atoms. The van der Waals surface area contributed by atoms with Crippen LogP contribution in [-0.2, 0) is 4.79 Å². The van der Waals surface area contributed by atoms with Gasteiger partial charge in [-0.1, -0.05) is 6.07 Å². The first-order valence-electron chi connectivity index (χ1n) is 12.1. The topological polar surface area (TPSA) is 129 Å². The molecule has 10 nitrogen and oxygen atoms in total. The molecule has 5 rings (SSSR count). The molecule has 0 atom stereocenters. The number of anilines is 2. The average molecular weight is 478 g/mol. The molecule has 2 amide bonds.